The van der Waals surface area contributed by atoms with Gasteiger partial charge in [0, 0.05) is 57.0 Å². The molecule has 13 nitrogen and oxygen atoms in total. The van der Waals surface area contributed by atoms with E-state index in [2.05, 4.69) is 37.3 Å². The van der Waals surface area contributed by atoms with Crippen LogP contribution in [0.5, 0.6) is 0 Å². The smallest absolute Gasteiger partial charge is 0.149 e. The van der Waals surface area contributed by atoms with Gasteiger partial charge in [-0.05, 0) is 36.4 Å². The summed E-state index contributed by atoms with van der Waals surface area (Å²) >= 11 is 8.38. The van der Waals surface area contributed by atoms with Crippen molar-refractivity contribution in [3.8, 4) is 34.7 Å². The molecule has 0 saturated heterocycles. The van der Waals surface area contributed by atoms with Gasteiger partial charge in [-0.3, -0.25) is 0 Å². The van der Waals surface area contributed by atoms with E-state index in [0.717, 1.165) is 29.3 Å². The molecular weight excluding hydrogens is 916 g/mol. The maximum Gasteiger partial charge on any atom is 0.149 e. The van der Waals surface area contributed by atoms with Crippen molar-refractivity contribution in [1.29, 1.82) is 10.5 Å². The molecule has 1 N–H and O–H groups in total. The zero-order chi connectivity index (χ0) is 46.8. The SMILES string of the molecule is C[C@@H](c1nc(-c2ccc(C#N)cc2)cs1)[C@@](Cn1cncn1)(OCOCCl)c1ccc(F)cc1F.C[C@@H](c1nc(-c2ccc(C#N)cc2)cs1)[C@](O)(Cn1cncn1)c1ccc(F)cc1F. The molecule has 0 aliphatic rings. The van der Waals surface area contributed by atoms with Crippen LogP contribution in [0.2, 0.25) is 0 Å². The Morgan fingerprint density at radius 2 is 1.18 bits per heavy atom. The van der Waals surface area contributed by atoms with E-state index in [1.165, 1.54) is 75.5 Å². The first-order valence-corrected chi connectivity index (χ1v) is 22.1. The zero-order valence-electron chi connectivity index (χ0n) is 35.0. The van der Waals surface area contributed by atoms with Crippen molar-refractivity contribution in [3.63, 3.8) is 0 Å². The Bertz CT molecular complexity index is 2940. The molecule has 0 radical (unpaired) electrons. The van der Waals surface area contributed by atoms with Gasteiger partial charge in [0.25, 0.3) is 0 Å². The van der Waals surface area contributed by atoms with Gasteiger partial charge in [0.2, 0.25) is 0 Å². The number of hydrogen-bond acceptors (Lipinski definition) is 13. The summed E-state index contributed by atoms with van der Waals surface area (Å²) in [5.74, 6) is -4.22. The third-order valence-electron chi connectivity index (χ3n) is 10.8. The molecule has 8 aromatic rings. The number of rotatable bonds is 16. The highest BCUT2D eigenvalue weighted by molar-refractivity contribution is 7.10. The number of nitrogens with zero attached hydrogens (tertiary/aromatic N) is 10. The Morgan fingerprint density at radius 3 is 1.64 bits per heavy atom. The number of halogens is 5. The van der Waals surface area contributed by atoms with E-state index in [4.69, 9.17) is 36.6 Å². The topological polar surface area (TPSA) is 173 Å². The molecule has 8 rings (SSSR count). The number of ether oxygens (including phenoxy) is 2. The van der Waals surface area contributed by atoms with E-state index in [9.17, 15) is 18.3 Å². The minimum Gasteiger partial charge on any atom is -0.382 e. The molecule has 0 fully saturated rings. The van der Waals surface area contributed by atoms with Gasteiger partial charge < -0.3 is 14.6 Å². The molecular formula is C46H37ClF4N10O3S2. The predicted molar refractivity (Wildman–Crippen MR) is 237 cm³/mol. The quantitative estimate of drug-likeness (QED) is 0.0423. The fourth-order valence-electron chi connectivity index (χ4n) is 7.20. The van der Waals surface area contributed by atoms with Crippen LogP contribution in [0.1, 0.15) is 58.0 Å². The summed E-state index contributed by atoms with van der Waals surface area (Å²) in [6, 6.07) is 24.5. The molecule has 0 aliphatic heterocycles. The van der Waals surface area contributed by atoms with Crippen LogP contribution in [-0.4, -0.2) is 57.5 Å². The van der Waals surface area contributed by atoms with Crippen molar-refractivity contribution in [3.05, 3.63) is 177 Å². The fourth-order valence-corrected chi connectivity index (χ4v) is 9.20. The molecule has 0 amide bonds. The summed E-state index contributed by atoms with van der Waals surface area (Å²) in [6.07, 6.45) is 5.58. The second kappa shape index (κ2) is 21.1. The summed E-state index contributed by atoms with van der Waals surface area (Å²) in [7, 11) is 0. The normalized spacial score (nSPS) is 13.9. The van der Waals surface area contributed by atoms with E-state index < -0.39 is 46.3 Å². The Hall–Kier alpha value is -6.71. The highest BCUT2D eigenvalue weighted by atomic mass is 35.5. The number of thiazole rings is 2. The van der Waals surface area contributed by atoms with Crippen molar-refractivity contribution in [2.45, 2.75) is 50.0 Å². The maximum absolute atomic E-state index is 15.2. The first-order valence-electron chi connectivity index (χ1n) is 19.8. The van der Waals surface area contributed by atoms with E-state index in [0.29, 0.717) is 32.5 Å². The number of aliphatic hydroxyl groups is 1. The monoisotopic (exact) mass is 952 g/mol. The van der Waals surface area contributed by atoms with Crippen molar-refractivity contribution >= 4 is 34.3 Å². The van der Waals surface area contributed by atoms with Gasteiger partial charge in [0.05, 0.1) is 57.8 Å². The van der Waals surface area contributed by atoms with Gasteiger partial charge >= 0.3 is 0 Å². The van der Waals surface area contributed by atoms with E-state index in [-0.39, 0.29) is 37.1 Å². The van der Waals surface area contributed by atoms with Gasteiger partial charge in [0.1, 0.15) is 72.6 Å². The number of hydrogen-bond donors (Lipinski definition) is 1. The Balaban J connectivity index is 0.000000198. The number of benzene rings is 4. The molecule has 0 saturated carbocycles. The molecule has 4 atom stereocenters. The first-order chi connectivity index (χ1) is 31.9. The van der Waals surface area contributed by atoms with Crippen LogP contribution in [0.15, 0.2) is 121 Å². The molecule has 0 bridgehead atoms. The Morgan fingerprint density at radius 1 is 0.697 bits per heavy atom. The lowest BCUT2D eigenvalue weighted by Crippen LogP contribution is -2.41. The Kier molecular flexibility index (Phi) is 15.1. The minimum atomic E-state index is -1.76. The molecule has 4 heterocycles. The maximum atomic E-state index is 15.2. The summed E-state index contributed by atoms with van der Waals surface area (Å²) in [5, 5.41) is 42.8. The Labute approximate surface area is 388 Å². The van der Waals surface area contributed by atoms with Crippen LogP contribution in [0.4, 0.5) is 17.6 Å². The van der Waals surface area contributed by atoms with Crippen molar-refractivity contribution in [1.82, 2.24) is 39.5 Å². The number of alkyl halides is 1. The average molecular weight is 953 g/mol. The molecule has 0 unspecified atom stereocenters. The highest BCUT2D eigenvalue weighted by Crippen LogP contribution is 2.45. The third-order valence-corrected chi connectivity index (χ3v) is 13.0. The highest BCUT2D eigenvalue weighted by Gasteiger charge is 2.45. The van der Waals surface area contributed by atoms with Crippen LogP contribution in [0.3, 0.4) is 0 Å². The molecule has 4 aromatic heterocycles. The molecule has 66 heavy (non-hydrogen) atoms. The van der Waals surface area contributed by atoms with Crippen LogP contribution in [-0.2, 0) is 33.8 Å². The fraction of sp³-hybridized carbons (Fsp3) is 0.217. The summed E-state index contributed by atoms with van der Waals surface area (Å²) in [5.41, 5.74) is 1.04. The predicted octanol–water partition coefficient (Wildman–Crippen LogP) is 9.68. The lowest BCUT2D eigenvalue weighted by molar-refractivity contribution is -0.159. The lowest BCUT2D eigenvalue weighted by Gasteiger charge is -2.38. The second-order valence-corrected chi connectivity index (χ2v) is 16.8. The van der Waals surface area contributed by atoms with Gasteiger partial charge in [-0.15, -0.1) is 22.7 Å². The zero-order valence-corrected chi connectivity index (χ0v) is 37.4. The molecule has 0 spiro atoms. The van der Waals surface area contributed by atoms with Gasteiger partial charge in [-0.25, -0.2) is 46.9 Å². The van der Waals surface area contributed by atoms with Gasteiger partial charge in [-0.1, -0.05) is 61.8 Å². The van der Waals surface area contributed by atoms with Crippen LogP contribution in [0, 0.1) is 45.9 Å². The van der Waals surface area contributed by atoms with Crippen LogP contribution >= 0.6 is 34.3 Å². The average Bonchev–Trinajstić information content (AvgIpc) is 4.18. The summed E-state index contributed by atoms with van der Waals surface area (Å²) in [4.78, 5) is 17.3. The van der Waals surface area contributed by atoms with Gasteiger partial charge in [-0.2, -0.15) is 20.7 Å². The first kappa shape index (κ1) is 47.3. The van der Waals surface area contributed by atoms with Crippen molar-refractivity contribution < 1.29 is 32.1 Å². The second-order valence-electron chi connectivity index (χ2n) is 14.8. The largest absolute Gasteiger partial charge is 0.382 e. The molecule has 0 aliphatic carbocycles. The van der Waals surface area contributed by atoms with E-state index in [1.807, 2.05) is 29.8 Å². The van der Waals surface area contributed by atoms with Crippen LogP contribution in [0.25, 0.3) is 22.5 Å². The van der Waals surface area contributed by atoms with E-state index in [1.54, 1.807) is 43.3 Å². The molecule has 336 valence electrons. The number of nitriles is 2. The summed E-state index contributed by atoms with van der Waals surface area (Å²) < 4.78 is 71.6. The lowest BCUT2D eigenvalue weighted by atomic mass is 9.81. The standard InChI is InChI=1S/C24H20ClF2N5O2S.C22H17F2N5OS/c1-16(23-31-22(10-35-23)18-4-2-17(9-28)3-5-18)24(34-15-33-12-25,11-32-14-29-13-30-32)20-7-6-19(26)8-21(20)27;1-14(21-28-20(10-31-21)16-4-2-15(9-25)3-5-16)22(30,11-29-13-26-12-27-29)18-7-6-17(23)8-19(18)24/h2-8,10,13-14,16H,11-12,15H2,1H3;2-8,10,12-14,30H,11H2,1H3/t16-,24+;14-,22+/m00/s1. The molecule has 20 heteroatoms. The third kappa shape index (κ3) is 10.5. The van der Waals surface area contributed by atoms with E-state index >= 15 is 4.39 Å². The van der Waals surface area contributed by atoms with Crippen LogP contribution < -0.4 is 0 Å². The minimum absolute atomic E-state index is 0.0491. The molecule has 4 aromatic carbocycles. The number of aromatic nitrogens is 8. The van der Waals surface area contributed by atoms with Gasteiger partial charge in [0.15, 0.2) is 0 Å². The summed E-state index contributed by atoms with van der Waals surface area (Å²) in [6.45, 7) is 3.30. The van der Waals surface area contributed by atoms with Crippen molar-refractivity contribution in [2.75, 3.05) is 12.9 Å². The van der Waals surface area contributed by atoms with Crippen molar-refractivity contribution in [2.24, 2.45) is 0 Å².